The summed E-state index contributed by atoms with van der Waals surface area (Å²) in [6.07, 6.45) is 0. The van der Waals surface area contributed by atoms with Gasteiger partial charge in [-0.2, -0.15) is 0 Å². The van der Waals surface area contributed by atoms with Gasteiger partial charge in [0.25, 0.3) is 5.91 Å². The number of halogens is 3. The molecule has 0 fully saturated rings. The number of nitrogens with one attached hydrogen (secondary N) is 1. The predicted octanol–water partition coefficient (Wildman–Crippen LogP) is 4.17. The van der Waals surface area contributed by atoms with Gasteiger partial charge in [-0.05, 0) is 34.1 Å². The van der Waals surface area contributed by atoms with Crippen LogP contribution in [0.25, 0.3) is 10.2 Å². The third-order valence-corrected chi connectivity index (χ3v) is 5.30. The van der Waals surface area contributed by atoms with Crippen LogP contribution < -0.4 is 5.32 Å². The molecule has 4 nitrogen and oxygen atoms in total. The van der Waals surface area contributed by atoms with Gasteiger partial charge in [0.1, 0.15) is 17.3 Å². The van der Waals surface area contributed by atoms with E-state index in [1.54, 1.807) is 17.7 Å². The molecule has 0 radical (unpaired) electrons. The number of hydrogen-bond acceptors (Lipinski definition) is 3. The van der Waals surface area contributed by atoms with Crippen LogP contribution in [-0.4, -0.2) is 30.7 Å². The number of nitrogens with zero attached hydrogens (tertiary/aromatic N) is 1. The maximum atomic E-state index is 14.1. The first-order chi connectivity index (χ1) is 12.0. The lowest BCUT2D eigenvalue weighted by atomic mass is 10.2. The standard InChI is InChI=1S/C17H15BrF2N2O2S/c1-24-5-4-21-17(23)14-7-15-13(8-16(18)25-15)22(14)9-10-2-3-11(19)6-12(10)20/h2-3,6-8H,4-5,9H2,1H3,(H,21,23). The number of fused-ring (bicyclic) bond motifs is 1. The van der Waals surface area contributed by atoms with Crippen molar-refractivity contribution in [2.24, 2.45) is 0 Å². The van der Waals surface area contributed by atoms with Gasteiger partial charge < -0.3 is 14.6 Å². The molecule has 8 heteroatoms. The van der Waals surface area contributed by atoms with Crippen molar-refractivity contribution < 1.29 is 18.3 Å². The smallest absolute Gasteiger partial charge is 0.268 e. The summed E-state index contributed by atoms with van der Waals surface area (Å²) in [6.45, 7) is 0.910. The molecular formula is C17H15BrF2N2O2S. The van der Waals surface area contributed by atoms with Crippen LogP contribution in [0.15, 0.2) is 34.1 Å². The van der Waals surface area contributed by atoms with Crippen LogP contribution in [0.1, 0.15) is 16.1 Å². The van der Waals surface area contributed by atoms with Crippen LogP contribution in [0.2, 0.25) is 0 Å². The number of hydrogen-bond donors (Lipinski definition) is 1. The molecule has 0 saturated heterocycles. The zero-order chi connectivity index (χ0) is 18.0. The third-order valence-electron chi connectivity index (χ3n) is 3.73. The highest BCUT2D eigenvalue weighted by Crippen LogP contribution is 2.33. The highest BCUT2D eigenvalue weighted by Gasteiger charge is 2.18. The van der Waals surface area contributed by atoms with E-state index >= 15 is 0 Å². The molecule has 0 bridgehead atoms. The Hall–Kier alpha value is -1.77. The Morgan fingerprint density at radius 1 is 1.32 bits per heavy atom. The van der Waals surface area contributed by atoms with Crippen LogP contribution in [0, 0.1) is 11.6 Å². The van der Waals surface area contributed by atoms with E-state index in [-0.39, 0.29) is 12.5 Å². The summed E-state index contributed by atoms with van der Waals surface area (Å²) in [5.74, 6) is -1.53. The minimum atomic E-state index is -0.637. The van der Waals surface area contributed by atoms with Crippen LogP contribution in [0.5, 0.6) is 0 Å². The number of methoxy groups -OCH3 is 1. The Bertz CT molecular complexity index is 923. The summed E-state index contributed by atoms with van der Waals surface area (Å²) in [5.41, 5.74) is 1.55. The van der Waals surface area contributed by atoms with Crippen molar-refractivity contribution in [1.29, 1.82) is 0 Å². The molecule has 0 aliphatic rings. The zero-order valence-corrected chi connectivity index (χ0v) is 15.7. The van der Waals surface area contributed by atoms with E-state index in [9.17, 15) is 13.6 Å². The number of aromatic nitrogens is 1. The molecule has 2 aromatic heterocycles. The fourth-order valence-electron chi connectivity index (χ4n) is 2.55. The van der Waals surface area contributed by atoms with Crippen molar-refractivity contribution in [3.63, 3.8) is 0 Å². The SMILES string of the molecule is COCCNC(=O)c1cc2sc(Br)cc2n1Cc1ccc(F)cc1F. The topological polar surface area (TPSA) is 43.3 Å². The molecule has 3 rings (SSSR count). The molecule has 1 N–H and O–H groups in total. The summed E-state index contributed by atoms with van der Waals surface area (Å²) in [5, 5.41) is 2.77. The minimum absolute atomic E-state index is 0.131. The van der Waals surface area contributed by atoms with Gasteiger partial charge >= 0.3 is 0 Å². The maximum Gasteiger partial charge on any atom is 0.268 e. The number of benzene rings is 1. The van der Waals surface area contributed by atoms with Crippen LogP contribution in [0.3, 0.4) is 0 Å². The lowest BCUT2D eigenvalue weighted by Crippen LogP contribution is -2.29. The average molecular weight is 429 g/mol. The molecule has 1 aromatic carbocycles. The number of amides is 1. The number of carbonyl (C=O) groups excluding carboxylic acids is 1. The second-order valence-corrected chi connectivity index (χ2v) is 7.86. The Morgan fingerprint density at radius 2 is 2.12 bits per heavy atom. The first-order valence-corrected chi connectivity index (χ1v) is 9.10. The second-order valence-electron chi connectivity index (χ2n) is 5.40. The lowest BCUT2D eigenvalue weighted by Gasteiger charge is -2.11. The van der Waals surface area contributed by atoms with Gasteiger partial charge in [0.2, 0.25) is 0 Å². The van der Waals surface area contributed by atoms with Gasteiger partial charge in [-0.1, -0.05) is 6.07 Å². The fraction of sp³-hybridized carbons (Fsp3) is 0.235. The van der Waals surface area contributed by atoms with Gasteiger partial charge in [-0.15, -0.1) is 11.3 Å². The molecular weight excluding hydrogens is 414 g/mol. The summed E-state index contributed by atoms with van der Waals surface area (Å²) >= 11 is 4.91. The predicted molar refractivity (Wildman–Crippen MR) is 97.2 cm³/mol. The van der Waals surface area contributed by atoms with Gasteiger partial charge in [0.15, 0.2) is 0 Å². The molecule has 0 saturated carbocycles. The van der Waals surface area contributed by atoms with E-state index in [1.165, 1.54) is 23.5 Å². The average Bonchev–Trinajstić information content (AvgIpc) is 3.07. The molecule has 3 aromatic rings. The number of thiophene rings is 1. The van der Waals surface area contributed by atoms with Crippen molar-refractivity contribution in [3.8, 4) is 0 Å². The lowest BCUT2D eigenvalue weighted by molar-refractivity contribution is 0.0928. The summed E-state index contributed by atoms with van der Waals surface area (Å²) in [6, 6.07) is 7.10. The molecule has 0 unspecified atom stereocenters. The van der Waals surface area contributed by atoms with E-state index in [2.05, 4.69) is 21.2 Å². The first-order valence-electron chi connectivity index (χ1n) is 7.49. The monoisotopic (exact) mass is 428 g/mol. The third kappa shape index (κ3) is 3.91. The van der Waals surface area contributed by atoms with Crippen molar-refractivity contribution in [2.45, 2.75) is 6.54 Å². The number of rotatable bonds is 6. The number of carbonyl (C=O) groups is 1. The van der Waals surface area contributed by atoms with Gasteiger partial charge in [-0.25, -0.2) is 8.78 Å². The molecule has 2 heterocycles. The quantitative estimate of drug-likeness (QED) is 0.598. The zero-order valence-electron chi connectivity index (χ0n) is 13.3. The van der Waals surface area contributed by atoms with Crippen molar-refractivity contribution >= 4 is 43.4 Å². The molecule has 132 valence electrons. The molecule has 0 spiro atoms. The molecule has 0 aliphatic carbocycles. The summed E-state index contributed by atoms with van der Waals surface area (Å²) in [4.78, 5) is 12.5. The number of ether oxygens (including phenoxy) is 1. The molecule has 1 amide bonds. The van der Waals surface area contributed by atoms with Gasteiger partial charge in [-0.3, -0.25) is 4.79 Å². The minimum Gasteiger partial charge on any atom is -0.383 e. The van der Waals surface area contributed by atoms with E-state index in [0.717, 1.165) is 20.1 Å². The highest BCUT2D eigenvalue weighted by atomic mass is 79.9. The Labute approximate surface area is 155 Å². The van der Waals surface area contributed by atoms with Crippen LogP contribution in [0.4, 0.5) is 8.78 Å². The molecule has 0 aliphatic heterocycles. The van der Waals surface area contributed by atoms with Crippen LogP contribution >= 0.6 is 27.3 Å². The summed E-state index contributed by atoms with van der Waals surface area (Å²) in [7, 11) is 1.56. The Morgan fingerprint density at radius 3 is 2.84 bits per heavy atom. The molecule has 25 heavy (non-hydrogen) atoms. The van der Waals surface area contributed by atoms with E-state index in [4.69, 9.17) is 4.74 Å². The Balaban J connectivity index is 1.98. The van der Waals surface area contributed by atoms with Crippen molar-refractivity contribution in [2.75, 3.05) is 20.3 Å². The van der Waals surface area contributed by atoms with Gasteiger partial charge in [0, 0.05) is 25.3 Å². The van der Waals surface area contributed by atoms with E-state index < -0.39 is 11.6 Å². The van der Waals surface area contributed by atoms with E-state index in [0.29, 0.717) is 24.4 Å². The second kappa shape index (κ2) is 7.63. The normalized spacial score (nSPS) is 11.2. The van der Waals surface area contributed by atoms with E-state index in [1.807, 2.05) is 6.07 Å². The van der Waals surface area contributed by atoms with Gasteiger partial charge in [0.05, 0.1) is 27.2 Å². The fourth-order valence-corrected chi connectivity index (χ4v) is 4.11. The maximum absolute atomic E-state index is 14.1. The first kappa shape index (κ1) is 18.0. The largest absolute Gasteiger partial charge is 0.383 e. The Kier molecular flexibility index (Phi) is 5.51. The molecule has 0 atom stereocenters. The van der Waals surface area contributed by atoms with Crippen molar-refractivity contribution in [3.05, 3.63) is 57.0 Å². The van der Waals surface area contributed by atoms with Crippen molar-refractivity contribution in [1.82, 2.24) is 9.88 Å². The summed E-state index contributed by atoms with van der Waals surface area (Å²) < 4.78 is 35.7. The highest BCUT2D eigenvalue weighted by molar-refractivity contribution is 9.11. The van der Waals surface area contributed by atoms with Crippen LogP contribution in [-0.2, 0) is 11.3 Å².